The van der Waals surface area contributed by atoms with Crippen LogP contribution in [0, 0.1) is 0 Å². The van der Waals surface area contributed by atoms with E-state index in [1.165, 1.54) is 18.0 Å². The van der Waals surface area contributed by atoms with Crippen molar-refractivity contribution in [3.63, 3.8) is 0 Å². The zero-order valence-electron chi connectivity index (χ0n) is 12.5. The minimum Gasteiger partial charge on any atom is -0.367 e. The van der Waals surface area contributed by atoms with Gasteiger partial charge in [0.25, 0.3) is 0 Å². The predicted octanol–water partition coefficient (Wildman–Crippen LogP) is 1.48. The first-order valence-corrected chi connectivity index (χ1v) is 6.50. The number of H-pyrrole nitrogens is 1. The van der Waals surface area contributed by atoms with Crippen LogP contribution in [-0.2, 0) is 11.3 Å². The molecule has 0 fully saturated rings. The largest absolute Gasteiger partial charge is 0.367 e. The first-order chi connectivity index (χ1) is 9.99. The fraction of sp³-hybridized carbons (Fsp3) is 0.267. The summed E-state index contributed by atoms with van der Waals surface area (Å²) in [5.41, 5.74) is 0.822. The van der Waals surface area contributed by atoms with Gasteiger partial charge in [0.15, 0.2) is 0 Å². The molecule has 0 aliphatic rings. The standard InChI is InChI=1S/C11H11N3O.C4H9NO/c15-11-12-7-6-10(14-11)13-8-9-4-2-1-3-5-9;1-4(6)5(2)3/h1-7H,8H2,(H2,12,13,14,15);1-3H3. The summed E-state index contributed by atoms with van der Waals surface area (Å²) in [6, 6.07) is 11.7. The van der Waals surface area contributed by atoms with E-state index in [-0.39, 0.29) is 11.6 Å². The zero-order chi connectivity index (χ0) is 15.7. The van der Waals surface area contributed by atoms with Crippen LogP contribution in [0.1, 0.15) is 12.5 Å². The molecule has 1 aromatic heterocycles. The molecule has 0 saturated heterocycles. The molecule has 0 aliphatic carbocycles. The lowest BCUT2D eigenvalue weighted by atomic mass is 10.2. The van der Waals surface area contributed by atoms with Gasteiger partial charge in [-0.15, -0.1) is 0 Å². The second-order valence-corrected chi connectivity index (χ2v) is 4.54. The number of carbonyl (C=O) groups excluding carboxylic acids is 1. The molecule has 1 aromatic carbocycles. The Morgan fingerprint density at radius 3 is 2.38 bits per heavy atom. The molecule has 2 rings (SSSR count). The van der Waals surface area contributed by atoms with Crippen LogP contribution >= 0.6 is 0 Å². The van der Waals surface area contributed by atoms with E-state index >= 15 is 0 Å². The number of amides is 1. The van der Waals surface area contributed by atoms with Crippen molar-refractivity contribution in [2.24, 2.45) is 0 Å². The highest BCUT2D eigenvalue weighted by atomic mass is 16.2. The first kappa shape index (κ1) is 16.4. The van der Waals surface area contributed by atoms with Gasteiger partial charge in [0.1, 0.15) is 5.82 Å². The number of anilines is 1. The molecule has 0 radical (unpaired) electrons. The van der Waals surface area contributed by atoms with Crippen molar-refractivity contribution < 1.29 is 4.79 Å². The van der Waals surface area contributed by atoms with E-state index < -0.39 is 0 Å². The molecule has 0 spiro atoms. The van der Waals surface area contributed by atoms with Crippen LogP contribution in [0.4, 0.5) is 5.82 Å². The maximum Gasteiger partial charge on any atom is 0.346 e. The molecule has 0 bridgehead atoms. The number of nitrogens with zero attached hydrogens (tertiary/aromatic N) is 2. The molecule has 6 heteroatoms. The highest BCUT2D eigenvalue weighted by molar-refractivity contribution is 5.72. The third-order valence-electron chi connectivity index (χ3n) is 2.63. The van der Waals surface area contributed by atoms with Gasteiger partial charge in [-0.1, -0.05) is 30.3 Å². The van der Waals surface area contributed by atoms with Gasteiger partial charge in [-0.05, 0) is 11.6 Å². The van der Waals surface area contributed by atoms with Gasteiger partial charge >= 0.3 is 5.69 Å². The summed E-state index contributed by atoms with van der Waals surface area (Å²) >= 11 is 0. The molecule has 0 atom stereocenters. The normalized spacial score (nSPS) is 9.29. The van der Waals surface area contributed by atoms with Gasteiger partial charge in [-0.2, -0.15) is 0 Å². The highest BCUT2D eigenvalue weighted by Crippen LogP contribution is 2.02. The Bertz CT molecular complexity index is 608. The number of carbonyl (C=O) groups is 1. The van der Waals surface area contributed by atoms with Crippen molar-refractivity contribution in [2.45, 2.75) is 13.5 Å². The number of nitrogens with one attached hydrogen (secondary N) is 2. The second kappa shape index (κ2) is 8.52. The van der Waals surface area contributed by atoms with Crippen molar-refractivity contribution >= 4 is 11.7 Å². The van der Waals surface area contributed by atoms with Crippen LogP contribution in [0.3, 0.4) is 0 Å². The highest BCUT2D eigenvalue weighted by Gasteiger charge is 1.93. The van der Waals surface area contributed by atoms with Crippen molar-refractivity contribution in [1.29, 1.82) is 0 Å². The van der Waals surface area contributed by atoms with E-state index in [2.05, 4.69) is 15.3 Å². The average molecular weight is 288 g/mol. The van der Waals surface area contributed by atoms with E-state index in [9.17, 15) is 9.59 Å². The average Bonchev–Trinajstić information content (AvgIpc) is 2.47. The van der Waals surface area contributed by atoms with E-state index in [0.29, 0.717) is 12.4 Å². The number of hydrogen-bond donors (Lipinski definition) is 2. The summed E-state index contributed by atoms with van der Waals surface area (Å²) in [6.45, 7) is 2.21. The smallest absolute Gasteiger partial charge is 0.346 e. The van der Waals surface area contributed by atoms with Gasteiger partial charge in [0.2, 0.25) is 5.91 Å². The Labute approximate surface area is 123 Å². The maximum atomic E-state index is 10.9. The van der Waals surface area contributed by atoms with Crippen LogP contribution in [0.5, 0.6) is 0 Å². The Morgan fingerprint density at radius 2 is 1.86 bits per heavy atom. The molecule has 0 aliphatic heterocycles. The number of aromatic amines is 1. The number of aromatic nitrogens is 2. The fourth-order valence-corrected chi connectivity index (χ4v) is 1.26. The lowest BCUT2D eigenvalue weighted by Gasteiger charge is -2.04. The summed E-state index contributed by atoms with van der Waals surface area (Å²) in [4.78, 5) is 28.6. The van der Waals surface area contributed by atoms with Crippen molar-refractivity contribution in [3.05, 3.63) is 58.6 Å². The predicted molar refractivity (Wildman–Crippen MR) is 83.0 cm³/mol. The summed E-state index contributed by atoms with van der Waals surface area (Å²) in [6.07, 6.45) is 1.48. The van der Waals surface area contributed by atoms with Gasteiger partial charge < -0.3 is 10.2 Å². The van der Waals surface area contributed by atoms with Crippen molar-refractivity contribution in [3.8, 4) is 0 Å². The molecule has 0 saturated carbocycles. The van der Waals surface area contributed by atoms with Crippen LogP contribution in [0.15, 0.2) is 47.4 Å². The summed E-state index contributed by atoms with van der Waals surface area (Å²) in [5, 5.41) is 3.11. The van der Waals surface area contributed by atoms with Crippen molar-refractivity contribution in [1.82, 2.24) is 14.9 Å². The Morgan fingerprint density at radius 1 is 1.24 bits per heavy atom. The number of hydrogen-bond acceptors (Lipinski definition) is 4. The van der Waals surface area contributed by atoms with Crippen LogP contribution in [0.25, 0.3) is 0 Å². The maximum absolute atomic E-state index is 10.9. The SMILES string of the molecule is CC(=O)N(C)C.O=c1nccc(NCc2ccccc2)[nH]1. The second-order valence-electron chi connectivity index (χ2n) is 4.54. The molecule has 112 valence electrons. The third-order valence-corrected chi connectivity index (χ3v) is 2.63. The molecule has 1 amide bonds. The van der Waals surface area contributed by atoms with Gasteiger partial charge in [-0.3, -0.25) is 9.78 Å². The molecule has 6 nitrogen and oxygen atoms in total. The minimum absolute atomic E-state index is 0.0926. The van der Waals surface area contributed by atoms with Crippen molar-refractivity contribution in [2.75, 3.05) is 19.4 Å². The van der Waals surface area contributed by atoms with Crippen LogP contribution in [0.2, 0.25) is 0 Å². The molecule has 21 heavy (non-hydrogen) atoms. The van der Waals surface area contributed by atoms with E-state index in [0.717, 1.165) is 5.56 Å². The quantitative estimate of drug-likeness (QED) is 0.896. The minimum atomic E-state index is -0.340. The van der Waals surface area contributed by atoms with Gasteiger partial charge in [-0.25, -0.2) is 9.78 Å². The van der Waals surface area contributed by atoms with Gasteiger partial charge in [0, 0.05) is 33.8 Å². The lowest BCUT2D eigenvalue weighted by molar-refractivity contribution is -0.126. The Balaban J connectivity index is 0.000000315. The number of rotatable bonds is 3. The summed E-state index contributed by atoms with van der Waals surface area (Å²) < 4.78 is 0. The molecule has 1 heterocycles. The zero-order valence-corrected chi connectivity index (χ0v) is 12.5. The van der Waals surface area contributed by atoms with E-state index in [4.69, 9.17) is 0 Å². The van der Waals surface area contributed by atoms with E-state index in [1.807, 2.05) is 30.3 Å². The fourth-order valence-electron chi connectivity index (χ4n) is 1.26. The molecule has 2 aromatic rings. The Kier molecular flexibility index (Phi) is 6.67. The summed E-state index contributed by atoms with van der Waals surface area (Å²) in [7, 11) is 3.45. The molecular formula is C15H20N4O2. The van der Waals surface area contributed by atoms with Crippen LogP contribution in [-0.4, -0.2) is 34.9 Å². The van der Waals surface area contributed by atoms with Gasteiger partial charge in [0.05, 0.1) is 0 Å². The molecule has 0 unspecified atom stereocenters. The van der Waals surface area contributed by atoms with Crippen LogP contribution < -0.4 is 11.0 Å². The monoisotopic (exact) mass is 288 g/mol. The Hall–Kier alpha value is -2.63. The van der Waals surface area contributed by atoms with E-state index in [1.54, 1.807) is 20.2 Å². The third kappa shape index (κ3) is 6.91. The lowest BCUT2D eigenvalue weighted by Crippen LogP contribution is -2.17. The topological polar surface area (TPSA) is 78.1 Å². The summed E-state index contributed by atoms with van der Waals surface area (Å²) in [5.74, 6) is 0.772. The molecule has 2 N–H and O–H groups in total. The first-order valence-electron chi connectivity index (χ1n) is 6.50. The molecular weight excluding hydrogens is 268 g/mol. The number of benzene rings is 1.